The van der Waals surface area contributed by atoms with Crippen molar-refractivity contribution in [3.05, 3.63) is 53.4 Å². The van der Waals surface area contributed by atoms with Gasteiger partial charge in [0.2, 0.25) is 11.7 Å². The first-order chi connectivity index (χ1) is 14.0. The molecule has 1 saturated heterocycles. The molecule has 3 heterocycles. The van der Waals surface area contributed by atoms with Gasteiger partial charge in [-0.15, -0.1) is 0 Å². The third-order valence-corrected chi connectivity index (χ3v) is 5.43. The van der Waals surface area contributed by atoms with Crippen molar-refractivity contribution in [1.82, 2.24) is 29.5 Å². The van der Waals surface area contributed by atoms with Crippen LogP contribution in [0.3, 0.4) is 0 Å². The van der Waals surface area contributed by atoms with Crippen molar-refractivity contribution in [2.24, 2.45) is 0 Å². The maximum Gasteiger partial charge on any atom is 0.319 e. The van der Waals surface area contributed by atoms with Gasteiger partial charge >= 0.3 is 6.55 Å². The van der Waals surface area contributed by atoms with Crippen molar-refractivity contribution < 1.29 is 13.3 Å². The first-order valence-electron chi connectivity index (χ1n) is 9.37. The Bertz CT molecular complexity index is 936. The van der Waals surface area contributed by atoms with Gasteiger partial charge in [0.05, 0.1) is 12.6 Å². The van der Waals surface area contributed by atoms with Crippen LogP contribution >= 0.6 is 11.6 Å². The van der Waals surface area contributed by atoms with Crippen molar-refractivity contribution in [2.75, 3.05) is 26.2 Å². The predicted octanol–water partition coefficient (Wildman–Crippen LogP) is 3.86. The van der Waals surface area contributed by atoms with Crippen molar-refractivity contribution >= 4 is 11.6 Å². The van der Waals surface area contributed by atoms with Crippen LogP contribution in [0.15, 0.2) is 41.2 Å². The van der Waals surface area contributed by atoms with E-state index in [9.17, 15) is 8.78 Å². The van der Waals surface area contributed by atoms with Crippen molar-refractivity contribution in [3.8, 4) is 11.4 Å². The second kappa shape index (κ2) is 8.56. The van der Waals surface area contributed by atoms with Gasteiger partial charge in [-0.1, -0.05) is 16.8 Å². The van der Waals surface area contributed by atoms with Gasteiger partial charge < -0.3 is 4.52 Å². The molecule has 0 bridgehead atoms. The first-order valence-corrected chi connectivity index (χ1v) is 9.75. The summed E-state index contributed by atoms with van der Waals surface area (Å²) in [5.41, 5.74) is 0.843. The summed E-state index contributed by atoms with van der Waals surface area (Å²) in [6.07, 6.45) is 2.72. The lowest BCUT2D eigenvalue weighted by Gasteiger charge is -2.36. The number of hydrogen-bond acceptors (Lipinski definition) is 6. The molecule has 0 radical (unpaired) electrons. The van der Waals surface area contributed by atoms with E-state index in [4.69, 9.17) is 16.1 Å². The summed E-state index contributed by atoms with van der Waals surface area (Å²) in [5.74, 6) is 1.46. The van der Waals surface area contributed by atoms with Crippen LogP contribution in [0.5, 0.6) is 0 Å². The Balaban J connectivity index is 1.35. The van der Waals surface area contributed by atoms with Crippen LogP contribution in [0.2, 0.25) is 5.02 Å². The fourth-order valence-corrected chi connectivity index (χ4v) is 3.56. The molecule has 1 aliphatic heterocycles. The van der Waals surface area contributed by atoms with Gasteiger partial charge in [0, 0.05) is 49.2 Å². The molecular weight excluding hydrogens is 402 g/mol. The van der Waals surface area contributed by atoms with E-state index in [0.29, 0.717) is 29.1 Å². The normalized spacial score (nSPS) is 17.1. The summed E-state index contributed by atoms with van der Waals surface area (Å²) in [6, 6.07) is 7.24. The smallest absolute Gasteiger partial charge is 0.319 e. The van der Waals surface area contributed by atoms with E-state index in [1.54, 1.807) is 12.1 Å². The van der Waals surface area contributed by atoms with E-state index in [0.717, 1.165) is 36.3 Å². The summed E-state index contributed by atoms with van der Waals surface area (Å²) < 4.78 is 32.3. The molecule has 1 atom stereocenters. The third kappa shape index (κ3) is 4.47. The first kappa shape index (κ1) is 19.9. The lowest BCUT2D eigenvalue weighted by molar-refractivity contribution is 0.0560. The zero-order valence-corrected chi connectivity index (χ0v) is 16.6. The molecule has 7 nitrogen and oxygen atoms in total. The second-order valence-electron chi connectivity index (χ2n) is 6.98. The largest absolute Gasteiger partial charge is 0.337 e. The number of piperazine rings is 1. The predicted molar refractivity (Wildman–Crippen MR) is 103 cm³/mol. The van der Waals surface area contributed by atoms with Gasteiger partial charge in [-0.2, -0.15) is 13.8 Å². The van der Waals surface area contributed by atoms with Crippen molar-refractivity contribution in [1.29, 1.82) is 0 Å². The van der Waals surface area contributed by atoms with Gasteiger partial charge in [0.1, 0.15) is 5.82 Å². The molecule has 154 valence electrons. The molecule has 1 unspecified atom stereocenters. The summed E-state index contributed by atoms with van der Waals surface area (Å²) in [6.45, 7) is 2.90. The highest BCUT2D eigenvalue weighted by molar-refractivity contribution is 6.30. The van der Waals surface area contributed by atoms with E-state index in [2.05, 4.69) is 24.9 Å². The maximum atomic E-state index is 13.0. The molecule has 0 amide bonds. The zero-order valence-electron chi connectivity index (χ0n) is 15.9. The summed E-state index contributed by atoms with van der Waals surface area (Å²) in [4.78, 5) is 12.9. The number of aromatic nitrogens is 4. The minimum atomic E-state index is -2.57. The average molecular weight is 423 g/mol. The Morgan fingerprint density at radius 3 is 2.55 bits per heavy atom. The molecule has 3 aromatic rings. The SMILES string of the molecule is CC(c1nc(-c2ccc(Cl)cc2)no1)N1CCN(Cc2nccn2C(F)F)CC1. The lowest BCUT2D eigenvalue weighted by Crippen LogP contribution is -2.47. The highest BCUT2D eigenvalue weighted by Crippen LogP contribution is 2.25. The Morgan fingerprint density at radius 2 is 1.86 bits per heavy atom. The summed E-state index contributed by atoms with van der Waals surface area (Å²) >= 11 is 5.92. The average Bonchev–Trinajstić information content (AvgIpc) is 3.38. The Morgan fingerprint density at radius 1 is 1.14 bits per heavy atom. The number of benzene rings is 1. The Labute approximate surface area is 171 Å². The molecule has 29 heavy (non-hydrogen) atoms. The van der Waals surface area contributed by atoms with Gasteiger partial charge in [0.15, 0.2) is 0 Å². The fraction of sp³-hybridized carbons (Fsp3) is 0.421. The zero-order chi connectivity index (χ0) is 20.4. The Kier molecular flexibility index (Phi) is 5.89. The quantitative estimate of drug-likeness (QED) is 0.601. The van der Waals surface area contributed by atoms with Crippen molar-refractivity contribution in [3.63, 3.8) is 0 Å². The number of rotatable bonds is 6. The van der Waals surface area contributed by atoms with Gasteiger partial charge in [-0.3, -0.25) is 14.4 Å². The van der Waals surface area contributed by atoms with Crippen LogP contribution in [0.1, 0.15) is 31.2 Å². The molecule has 1 fully saturated rings. The van der Waals surface area contributed by atoms with E-state index in [1.807, 2.05) is 19.1 Å². The minimum absolute atomic E-state index is 0.0336. The molecule has 1 aliphatic rings. The highest BCUT2D eigenvalue weighted by Gasteiger charge is 2.27. The molecule has 0 N–H and O–H groups in total. The number of hydrogen-bond donors (Lipinski definition) is 0. The fourth-order valence-electron chi connectivity index (χ4n) is 3.43. The van der Waals surface area contributed by atoms with Gasteiger partial charge in [-0.05, 0) is 31.2 Å². The summed E-state index contributed by atoms with van der Waals surface area (Å²) in [7, 11) is 0. The molecule has 10 heteroatoms. The third-order valence-electron chi connectivity index (χ3n) is 5.18. The van der Waals surface area contributed by atoms with E-state index >= 15 is 0 Å². The highest BCUT2D eigenvalue weighted by atomic mass is 35.5. The minimum Gasteiger partial charge on any atom is -0.337 e. The molecule has 0 spiro atoms. The van der Waals surface area contributed by atoms with Crippen LogP contribution < -0.4 is 0 Å². The number of nitrogens with zero attached hydrogens (tertiary/aromatic N) is 6. The molecule has 4 rings (SSSR count). The van der Waals surface area contributed by atoms with Crippen LogP contribution in [0.25, 0.3) is 11.4 Å². The van der Waals surface area contributed by atoms with E-state index < -0.39 is 6.55 Å². The molecule has 1 aromatic carbocycles. The lowest BCUT2D eigenvalue weighted by atomic mass is 10.2. The van der Waals surface area contributed by atoms with Crippen LogP contribution in [0, 0.1) is 0 Å². The topological polar surface area (TPSA) is 63.2 Å². The monoisotopic (exact) mass is 422 g/mol. The molecule has 0 aliphatic carbocycles. The van der Waals surface area contributed by atoms with Crippen molar-refractivity contribution in [2.45, 2.75) is 26.1 Å². The van der Waals surface area contributed by atoms with E-state index in [1.165, 1.54) is 12.4 Å². The molecular formula is C19H21ClF2N6O. The van der Waals surface area contributed by atoms with Gasteiger partial charge in [-0.25, -0.2) is 4.98 Å². The summed E-state index contributed by atoms with van der Waals surface area (Å²) in [5, 5.41) is 4.73. The van der Waals surface area contributed by atoms with Gasteiger partial charge in [0.25, 0.3) is 0 Å². The molecule has 2 aromatic heterocycles. The second-order valence-corrected chi connectivity index (χ2v) is 7.42. The number of imidazole rings is 1. The van der Waals surface area contributed by atoms with Crippen LogP contribution in [-0.4, -0.2) is 55.7 Å². The maximum absolute atomic E-state index is 13.0. The number of alkyl halides is 2. The number of halogens is 3. The standard InChI is InChI=1S/C19H21ClF2N6O/c1-13(18-24-17(25-29-18)14-2-4-15(20)5-3-14)27-10-8-26(9-11-27)12-16-23-6-7-28(16)19(21)22/h2-7,13,19H,8-12H2,1H3. The van der Waals surface area contributed by atoms with E-state index in [-0.39, 0.29) is 6.04 Å². The Hall–Kier alpha value is -2.36. The molecule has 0 saturated carbocycles. The van der Waals surface area contributed by atoms with Crippen LogP contribution in [-0.2, 0) is 6.54 Å². The van der Waals surface area contributed by atoms with Crippen LogP contribution in [0.4, 0.5) is 8.78 Å².